The maximum absolute atomic E-state index is 6.46. The minimum absolute atomic E-state index is 0.274. The number of pyridine rings is 1. The van der Waals surface area contributed by atoms with Crippen molar-refractivity contribution in [1.29, 1.82) is 0 Å². The van der Waals surface area contributed by atoms with Gasteiger partial charge >= 0.3 is 7.12 Å². The van der Waals surface area contributed by atoms with Crippen LogP contribution >= 0.6 is 0 Å². The highest BCUT2D eigenvalue weighted by atomic mass is 28.4. The predicted octanol–water partition coefficient (Wildman–Crippen LogP) is 4.62. The summed E-state index contributed by atoms with van der Waals surface area (Å²) in [5.74, 6) is 1.69. The molecule has 1 aromatic heterocycles. The molecule has 168 valence electrons. The molecule has 0 aliphatic carbocycles. The van der Waals surface area contributed by atoms with Crippen LogP contribution in [0.3, 0.4) is 0 Å². The number of hydrogen-bond donors (Lipinski definition) is 0. The van der Waals surface area contributed by atoms with Crippen LogP contribution in [0.4, 0.5) is 5.82 Å². The third kappa shape index (κ3) is 4.95. The average Bonchev–Trinajstić information content (AvgIpc) is 2.87. The molecule has 0 unspecified atom stereocenters. The molecule has 3 rings (SSSR count). The number of rotatable bonds is 5. The molecular weight excluding hydrogens is 391 g/mol. The summed E-state index contributed by atoms with van der Waals surface area (Å²) in [5, 5.41) is 0.274. The van der Waals surface area contributed by atoms with Gasteiger partial charge in [-0.3, -0.25) is 0 Å². The minimum Gasteiger partial charge on any atom is -0.417 e. The lowest BCUT2D eigenvalue weighted by atomic mass is 9.80. The van der Waals surface area contributed by atoms with Crippen LogP contribution < -0.4 is 10.4 Å². The van der Waals surface area contributed by atoms with Crippen LogP contribution in [0, 0.1) is 5.92 Å². The van der Waals surface area contributed by atoms with Gasteiger partial charge in [0.05, 0.1) is 11.2 Å². The van der Waals surface area contributed by atoms with Gasteiger partial charge in [0.1, 0.15) is 5.82 Å². The standard InChI is InChI=1S/C23H41BN2O3Si/c1-21(2,3)30(8,9)27-17-18-12-14-26(15-13-18)20-11-10-19(16-25-20)24-28-22(4,5)23(6,7)29-24/h10-11,16,18H,12-15,17H2,1-9H3. The number of nitrogens with zero attached hydrogens (tertiary/aromatic N) is 2. The second-order valence-electron chi connectivity index (χ2n) is 11.5. The molecule has 0 saturated carbocycles. The maximum Gasteiger partial charge on any atom is 0.496 e. The van der Waals surface area contributed by atoms with E-state index < -0.39 is 8.32 Å². The van der Waals surface area contributed by atoms with Crippen molar-refractivity contribution in [2.24, 2.45) is 5.92 Å². The summed E-state index contributed by atoms with van der Waals surface area (Å²) < 4.78 is 18.7. The summed E-state index contributed by atoms with van der Waals surface area (Å²) in [6, 6.07) is 4.20. The van der Waals surface area contributed by atoms with Crippen molar-refractivity contribution >= 4 is 26.7 Å². The lowest BCUT2D eigenvalue weighted by Crippen LogP contribution is -2.43. The highest BCUT2D eigenvalue weighted by Crippen LogP contribution is 2.38. The van der Waals surface area contributed by atoms with Crippen molar-refractivity contribution < 1.29 is 13.7 Å². The fourth-order valence-corrected chi connectivity index (χ4v) is 4.66. The second-order valence-corrected chi connectivity index (χ2v) is 16.3. The first-order valence-corrected chi connectivity index (χ1v) is 14.3. The number of anilines is 1. The molecular formula is C23H41BN2O3Si. The van der Waals surface area contributed by atoms with Crippen LogP contribution in [-0.2, 0) is 13.7 Å². The van der Waals surface area contributed by atoms with Gasteiger partial charge in [0.25, 0.3) is 0 Å². The van der Waals surface area contributed by atoms with Gasteiger partial charge in [0.2, 0.25) is 0 Å². The molecule has 0 spiro atoms. The first-order chi connectivity index (χ1) is 13.7. The topological polar surface area (TPSA) is 43.8 Å². The third-order valence-corrected chi connectivity index (χ3v) is 12.2. The SMILES string of the molecule is CC1(C)OB(c2ccc(N3CCC(CO[Si](C)(C)C(C)(C)C)CC3)nc2)OC1(C)C. The van der Waals surface area contributed by atoms with E-state index in [0.29, 0.717) is 5.92 Å². The molecule has 7 heteroatoms. The van der Waals surface area contributed by atoms with Gasteiger partial charge in [-0.25, -0.2) is 4.98 Å². The van der Waals surface area contributed by atoms with Crippen molar-refractivity contribution in [3.8, 4) is 0 Å². The molecule has 0 N–H and O–H groups in total. The monoisotopic (exact) mass is 432 g/mol. The zero-order valence-electron chi connectivity index (χ0n) is 20.5. The summed E-state index contributed by atoms with van der Waals surface area (Å²) >= 11 is 0. The highest BCUT2D eigenvalue weighted by molar-refractivity contribution is 6.74. The minimum atomic E-state index is -1.66. The Morgan fingerprint density at radius 2 is 1.67 bits per heavy atom. The van der Waals surface area contributed by atoms with Crippen LogP contribution in [0.1, 0.15) is 61.3 Å². The Morgan fingerprint density at radius 1 is 1.10 bits per heavy atom. The lowest BCUT2D eigenvalue weighted by molar-refractivity contribution is 0.00578. The molecule has 0 bridgehead atoms. The molecule has 5 nitrogen and oxygen atoms in total. The van der Waals surface area contributed by atoms with Gasteiger partial charge in [-0.2, -0.15) is 0 Å². The second kappa shape index (κ2) is 8.23. The van der Waals surface area contributed by atoms with E-state index >= 15 is 0 Å². The Balaban J connectivity index is 1.52. The van der Waals surface area contributed by atoms with Crippen molar-refractivity contribution in [2.45, 2.75) is 90.6 Å². The van der Waals surface area contributed by atoms with Crippen LogP contribution in [0.5, 0.6) is 0 Å². The first-order valence-electron chi connectivity index (χ1n) is 11.4. The molecule has 0 radical (unpaired) electrons. The fourth-order valence-electron chi connectivity index (χ4n) is 3.57. The zero-order valence-corrected chi connectivity index (χ0v) is 21.5. The Bertz CT molecular complexity index is 707. The molecule has 0 amide bonds. The molecule has 0 atom stereocenters. The average molecular weight is 432 g/mol. The summed E-state index contributed by atoms with van der Waals surface area (Å²) in [7, 11) is -2.01. The van der Waals surface area contributed by atoms with Crippen LogP contribution in [-0.4, -0.2) is 51.3 Å². The van der Waals surface area contributed by atoms with Gasteiger partial charge < -0.3 is 18.6 Å². The Kier molecular flexibility index (Phi) is 6.52. The molecule has 2 aliphatic rings. The molecule has 1 aromatic rings. The third-order valence-electron chi connectivity index (χ3n) is 7.72. The summed E-state index contributed by atoms with van der Waals surface area (Å²) in [4.78, 5) is 7.11. The number of piperidine rings is 1. The zero-order chi connectivity index (χ0) is 22.4. The Labute approximate surface area is 185 Å². The van der Waals surface area contributed by atoms with E-state index in [-0.39, 0.29) is 23.4 Å². The van der Waals surface area contributed by atoms with Gasteiger partial charge in [0, 0.05) is 31.4 Å². The molecule has 3 heterocycles. The van der Waals surface area contributed by atoms with E-state index in [4.69, 9.17) is 18.7 Å². The van der Waals surface area contributed by atoms with Crippen molar-refractivity contribution in [3.05, 3.63) is 18.3 Å². The van der Waals surface area contributed by atoms with Crippen molar-refractivity contribution in [1.82, 2.24) is 4.98 Å². The smallest absolute Gasteiger partial charge is 0.417 e. The van der Waals surface area contributed by atoms with Gasteiger partial charge in [-0.05, 0) is 70.7 Å². The van der Waals surface area contributed by atoms with Crippen LogP contribution in [0.15, 0.2) is 18.3 Å². The molecule has 0 aromatic carbocycles. The summed E-state index contributed by atoms with van der Waals surface area (Å²) in [6.45, 7) is 22.9. The predicted molar refractivity (Wildman–Crippen MR) is 128 cm³/mol. The highest BCUT2D eigenvalue weighted by Gasteiger charge is 2.51. The van der Waals surface area contributed by atoms with E-state index in [1.807, 2.05) is 6.20 Å². The quantitative estimate of drug-likeness (QED) is 0.636. The number of hydrogen-bond acceptors (Lipinski definition) is 5. The van der Waals surface area contributed by atoms with Crippen molar-refractivity contribution in [3.63, 3.8) is 0 Å². The normalized spacial score (nSPS) is 22.6. The maximum atomic E-state index is 6.46. The van der Waals surface area contributed by atoms with E-state index in [0.717, 1.165) is 43.8 Å². The molecule has 2 aliphatic heterocycles. The van der Waals surface area contributed by atoms with Crippen molar-refractivity contribution in [2.75, 3.05) is 24.6 Å². The molecule has 2 fully saturated rings. The van der Waals surface area contributed by atoms with E-state index in [1.54, 1.807) is 0 Å². The molecule has 2 saturated heterocycles. The molecule has 30 heavy (non-hydrogen) atoms. The van der Waals surface area contributed by atoms with Crippen LogP contribution in [0.25, 0.3) is 0 Å². The van der Waals surface area contributed by atoms with Gasteiger partial charge in [-0.15, -0.1) is 0 Å². The van der Waals surface area contributed by atoms with Gasteiger partial charge in [-0.1, -0.05) is 26.8 Å². The number of aromatic nitrogens is 1. The summed E-state index contributed by atoms with van der Waals surface area (Å²) in [6.07, 6.45) is 4.23. The Morgan fingerprint density at radius 3 is 2.13 bits per heavy atom. The summed E-state index contributed by atoms with van der Waals surface area (Å²) in [5.41, 5.74) is 0.324. The first kappa shape index (κ1) is 23.8. The van der Waals surface area contributed by atoms with Gasteiger partial charge in [0.15, 0.2) is 8.32 Å². The largest absolute Gasteiger partial charge is 0.496 e. The Hall–Kier alpha value is -0.888. The van der Waals surface area contributed by atoms with E-state index in [1.165, 1.54) is 0 Å². The van der Waals surface area contributed by atoms with E-state index in [9.17, 15) is 0 Å². The fraction of sp³-hybridized carbons (Fsp3) is 0.783. The van der Waals surface area contributed by atoms with Crippen LogP contribution in [0.2, 0.25) is 18.1 Å². The lowest BCUT2D eigenvalue weighted by Gasteiger charge is -2.39. The van der Waals surface area contributed by atoms with E-state index in [2.05, 4.69) is 78.6 Å².